The summed E-state index contributed by atoms with van der Waals surface area (Å²) in [6.07, 6.45) is 10.1. The van der Waals surface area contributed by atoms with Gasteiger partial charge in [0.2, 0.25) is 11.8 Å². The van der Waals surface area contributed by atoms with Crippen LogP contribution < -0.4 is 5.32 Å². The van der Waals surface area contributed by atoms with Crippen molar-refractivity contribution in [1.29, 1.82) is 0 Å². The van der Waals surface area contributed by atoms with E-state index in [2.05, 4.69) is 17.5 Å². The fourth-order valence-corrected chi connectivity index (χ4v) is 3.49. The zero-order valence-electron chi connectivity index (χ0n) is 14.6. The van der Waals surface area contributed by atoms with Crippen LogP contribution in [0.1, 0.15) is 51.9 Å². The van der Waals surface area contributed by atoms with Gasteiger partial charge in [0.25, 0.3) is 0 Å². The Labute approximate surface area is 139 Å². The van der Waals surface area contributed by atoms with E-state index >= 15 is 0 Å². The summed E-state index contributed by atoms with van der Waals surface area (Å²) in [6, 6.07) is 0.537. The molecule has 0 aromatic rings. The van der Waals surface area contributed by atoms with Gasteiger partial charge in [-0.15, -0.1) is 0 Å². The Morgan fingerprint density at radius 3 is 2.39 bits per heavy atom. The Hall–Kier alpha value is -1.36. The van der Waals surface area contributed by atoms with E-state index in [9.17, 15) is 9.59 Å². The minimum absolute atomic E-state index is 0.142. The molecule has 0 radical (unpaired) electrons. The third-order valence-corrected chi connectivity index (χ3v) is 5.34. The third kappa shape index (κ3) is 4.56. The maximum Gasteiger partial charge on any atom is 0.226 e. The summed E-state index contributed by atoms with van der Waals surface area (Å²) < 4.78 is 4.97. The second kappa shape index (κ2) is 7.95. The van der Waals surface area contributed by atoms with Crippen molar-refractivity contribution in [3.05, 3.63) is 12.2 Å². The number of amides is 2. The summed E-state index contributed by atoms with van der Waals surface area (Å²) in [7, 11) is 3.49. The van der Waals surface area contributed by atoms with Gasteiger partial charge in [-0.2, -0.15) is 0 Å². The topological polar surface area (TPSA) is 58.6 Å². The minimum Gasteiger partial charge on any atom is -0.384 e. The molecule has 130 valence electrons. The van der Waals surface area contributed by atoms with E-state index in [0.717, 1.165) is 38.5 Å². The Bertz CT molecular complexity index is 445. The molecule has 0 saturated heterocycles. The SMILES string of the molecule is COCCC(=O)N(C)C1CCC(NC(=O)C2(C)CC=CC2)CC1. The fraction of sp³-hybridized carbons (Fsp3) is 0.778. The number of nitrogens with one attached hydrogen (secondary N) is 1. The summed E-state index contributed by atoms with van der Waals surface area (Å²) in [5.74, 6) is 0.319. The molecular formula is C18H30N2O3. The largest absolute Gasteiger partial charge is 0.384 e. The lowest BCUT2D eigenvalue weighted by atomic mass is 9.85. The monoisotopic (exact) mass is 322 g/mol. The number of ether oxygens (including phenoxy) is 1. The van der Waals surface area contributed by atoms with Crippen LogP contribution in [0.4, 0.5) is 0 Å². The molecule has 2 aliphatic rings. The van der Waals surface area contributed by atoms with Gasteiger partial charge in [-0.25, -0.2) is 0 Å². The highest BCUT2D eigenvalue weighted by atomic mass is 16.5. The Kier molecular flexibility index (Phi) is 6.22. The lowest BCUT2D eigenvalue weighted by Crippen LogP contribution is -2.47. The third-order valence-electron chi connectivity index (χ3n) is 5.34. The van der Waals surface area contributed by atoms with Gasteiger partial charge in [0.15, 0.2) is 0 Å². The van der Waals surface area contributed by atoms with Crippen LogP contribution in [0.5, 0.6) is 0 Å². The first-order chi connectivity index (χ1) is 11.0. The maximum absolute atomic E-state index is 12.4. The standard InChI is InChI=1S/C18H30N2O3/c1-18(11-4-5-12-18)17(22)19-14-6-8-15(9-7-14)20(2)16(21)10-13-23-3/h4-5,14-15H,6-13H2,1-3H3,(H,19,22). The predicted molar refractivity (Wildman–Crippen MR) is 89.9 cm³/mol. The molecule has 1 saturated carbocycles. The van der Waals surface area contributed by atoms with Gasteiger partial charge in [0.1, 0.15) is 0 Å². The zero-order valence-corrected chi connectivity index (χ0v) is 14.6. The summed E-state index contributed by atoms with van der Waals surface area (Å²) in [4.78, 5) is 26.4. The lowest BCUT2D eigenvalue weighted by molar-refractivity contribution is -0.134. The van der Waals surface area contributed by atoms with E-state index in [1.807, 2.05) is 18.9 Å². The molecule has 0 heterocycles. The second-order valence-electron chi connectivity index (χ2n) is 7.17. The number of nitrogens with zero attached hydrogens (tertiary/aromatic N) is 1. The number of methoxy groups -OCH3 is 1. The molecule has 1 fully saturated rings. The molecule has 0 aromatic carbocycles. The number of allylic oxidation sites excluding steroid dienone is 2. The predicted octanol–water partition coefficient (Wildman–Crippen LogP) is 2.26. The summed E-state index contributed by atoms with van der Waals surface area (Å²) >= 11 is 0. The normalized spacial score (nSPS) is 26.0. The van der Waals surface area contributed by atoms with E-state index in [4.69, 9.17) is 4.74 Å². The van der Waals surface area contributed by atoms with Crippen LogP contribution in [0.25, 0.3) is 0 Å². The van der Waals surface area contributed by atoms with Gasteiger partial charge < -0.3 is 15.0 Å². The molecule has 2 aliphatic carbocycles. The van der Waals surface area contributed by atoms with Crippen molar-refractivity contribution in [2.24, 2.45) is 5.41 Å². The molecule has 0 unspecified atom stereocenters. The van der Waals surface area contributed by atoms with Crippen molar-refractivity contribution in [3.63, 3.8) is 0 Å². The van der Waals surface area contributed by atoms with Crippen LogP contribution >= 0.6 is 0 Å². The van der Waals surface area contributed by atoms with E-state index in [1.165, 1.54) is 0 Å². The molecule has 1 N–H and O–H groups in total. The van der Waals surface area contributed by atoms with E-state index in [0.29, 0.717) is 13.0 Å². The minimum atomic E-state index is -0.260. The Morgan fingerprint density at radius 1 is 1.22 bits per heavy atom. The maximum atomic E-state index is 12.4. The first-order valence-corrected chi connectivity index (χ1v) is 8.67. The molecule has 0 spiro atoms. The van der Waals surface area contributed by atoms with Crippen LogP contribution in [0.2, 0.25) is 0 Å². The molecule has 23 heavy (non-hydrogen) atoms. The molecule has 2 rings (SSSR count). The molecule has 0 atom stereocenters. The molecule has 5 heteroatoms. The highest BCUT2D eigenvalue weighted by molar-refractivity contribution is 5.83. The number of carbonyl (C=O) groups excluding carboxylic acids is 2. The van der Waals surface area contributed by atoms with Crippen molar-refractivity contribution in [2.45, 2.75) is 64.0 Å². The fourth-order valence-electron chi connectivity index (χ4n) is 3.49. The molecule has 0 aliphatic heterocycles. The summed E-state index contributed by atoms with van der Waals surface area (Å²) in [6.45, 7) is 2.51. The second-order valence-corrected chi connectivity index (χ2v) is 7.17. The first-order valence-electron chi connectivity index (χ1n) is 8.67. The van der Waals surface area contributed by atoms with Gasteiger partial charge in [0, 0.05) is 26.2 Å². The van der Waals surface area contributed by atoms with Gasteiger partial charge in [-0.3, -0.25) is 9.59 Å². The van der Waals surface area contributed by atoms with Crippen LogP contribution in [0, 0.1) is 5.41 Å². The van der Waals surface area contributed by atoms with Crippen LogP contribution in [0.3, 0.4) is 0 Å². The van der Waals surface area contributed by atoms with Crippen LogP contribution in [0.15, 0.2) is 12.2 Å². The van der Waals surface area contributed by atoms with Gasteiger partial charge in [-0.1, -0.05) is 19.1 Å². The van der Waals surface area contributed by atoms with Crippen molar-refractivity contribution in [3.8, 4) is 0 Å². The van der Waals surface area contributed by atoms with Crippen molar-refractivity contribution < 1.29 is 14.3 Å². The highest BCUT2D eigenvalue weighted by Crippen LogP contribution is 2.33. The number of hydrogen-bond acceptors (Lipinski definition) is 3. The first kappa shape index (κ1) is 18.0. The zero-order chi connectivity index (χ0) is 16.9. The van der Waals surface area contributed by atoms with Gasteiger partial charge in [0.05, 0.1) is 18.4 Å². The van der Waals surface area contributed by atoms with Crippen molar-refractivity contribution in [2.75, 3.05) is 20.8 Å². The van der Waals surface area contributed by atoms with Crippen molar-refractivity contribution in [1.82, 2.24) is 10.2 Å². The summed E-state index contributed by atoms with van der Waals surface area (Å²) in [5, 5.41) is 3.22. The van der Waals surface area contributed by atoms with E-state index < -0.39 is 0 Å². The number of carbonyl (C=O) groups is 2. The average Bonchev–Trinajstić information content (AvgIpc) is 3.00. The lowest BCUT2D eigenvalue weighted by Gasteiger charge is -2.36. The van der Waals surface area contributed by atoms with Crippen molar-refractivity contribution >= 4 is 11.8 Å². The molecule has 2 amide bonds. The Morgan fingerprint density at radius 2 is 1.83 bits per heavy atom. The average molecular weight is 322 g/mol. The smallest absolute Gasteiger partial charge is 0.226 e. The van der Waals surface area contributed by atoms with E-state index in [1.54, 1.807) is 7.11 Å². The Balaban J connectivity index is 1.75. The molecular weight excluding hydrogens is 292 g/mol. The van der Waals surface area contributed by atoms with Crippen LogP contribution in [-0.4, -0.2) is 49.6 Å². The molecule has 5 nitrogen and oxygen atoms in total. The number of hydrogen-bond donors (Lipinski definition) is 1. The quantitative estimate of drug-likeness (QED) is 0.763. The van der Waals surface area contributed by atoms with Gasteiger partial charge >= 0.3 is 0 Å². The molecule has 0 bridgehead atoms. The molecule has 0 aromatic heterocycles. The summed E-state index contributed by atoms with van der Waals surface area (Å²) in [5.41, 5.74) is -0.260. The highest BCUT2D eigenvalue weighted by Gasteiger charge is 2.35. The number of rotatable bonds is 6. The van der Waals surface area contributed by atoms with Gasteiger partial charge in [-0.05, 0) is 38.5 Å². The van der Waals surface area contributed by atoms with E-state index in [-0.39, 0.29) is 29.3 Å². The van der Waals surface area contributed by atoms with Crippen LogP contribution in [-0.2, 0) is 14.3 Å².